The van der Waals surface area contributed by atoms with Gasteiger partial charge in [0.05, 0.1) is 21.3 Å². The Morgan fingerprint density at radius 1 is 1.00 bits per heavy atom. The maximum atomic E-state index is 4.87. The number of guanidine groups is 1. The summed E-state index contributed by atoms with van der Waals surface area (Å²) in [5, 5.41) is 5.98. The summed E-state index contributed by atoms with van der Waals surface area (Å²) in [6, 6.07) is 0. The highest BCUT2D eigenvalue weighted by molar-refractivity contribution is 5.76. The molecule has 0 heterocycles. The summed E-state index contributed by atoms with van der Waals surface area (Å²) in [7, 11) is 7.38. The summed E-state index contributed by atoms with van der Waals surface area (Å²) >= 11 is 0. The normalized spacial score (nSPS) is 11.3. The van der Waals surface area contributed by atoms with Crippen LogP contribution in [0.15, 0.2) is 5.16 Å². The van der Waals surface area contributed by atoms with E-state index in [2.05, 4.69) is 9.99 Å². The second-order valence-corrected chi connectivity index (χ2v) is 1.88. The van der Waals surface area contributed by atoms with Crippen molar-refractivity contribution < 1.29 is 19.4 Å². The van der Waals surface area contributed by atoms with E-state index in [0.29, 0.717) is 0 Å². The highest BCUT2D eigenvalue weighted by Crippen LogP contribution is 1.98. The molecule has 0 atom stereocenters. The third-order valence-electron chi connectivity index (χ3n) is 1.22. The van der Waals surface area contributed by atoms with E-state index in [9.17, 15) is 0 Å². The minimum atomic E-state index is 0.231. The smallest absolute Gasteiger partial charge is 0.313 e. The van der Waals surface area contributed by atoms with Crippen LogP contribution < -0.4 is 0 Å². The summed E-state index contributed by atoms with van der Waals surface area (Å²) in [5.74, 6) is 0.231. The van der Waals surface area contributed by atoms with Crippen LogP contribution in [-0.2, 0) is 19.4 Å². The largest absolute Gasteiger partial charge is 0.396 e. The van der Waals surface area contributed by atoms with E-state index in [1.165, 1.54) is 33.5 Å². The minimum Gasteiger partial charge on any atom is -0.396 e. The maximum absolute atomic E-state index is 4.87. The number of oxime groups is 1. The molecule has 0 aliphatic carbocycles. The Morgan fingerprint density at radius 3 is 1.85 bits per heavy atom. The summed E-state index contributed by atoms with van der Waals surface area (Å²) in [4.78, 5) is 19.1. The molecule has 7 heteroatoms. The number of rotatable bonds is 4. The van der Waals surface area contributed by atoms with Crippen LogP contribution in [0.2, 0.25) is 0 Å². The summed E-state index contributed by atoms with van der Waals surface area (Å²) in [6.45, 7) is 0. The predicted octanol–water partition coefficient (Wildman–Crippen LogP) is -0.178. The van der Waals surface area contributed by atoms with E-state index in [1.807, 2.05) is 0 Å². The molecule has 0 N–H and O–H groups in total. The first-order valence-electron chi connectivity index (χ1n) is 3.48. The number of hydroxylamine groups is 4. The Bertz CT molecular complexity index is 160. The van der Waals surface area contributed by atoms with Crippen LogP contribution in [0.3, 0.4) is 0 Å². The zero-order valence-corrected chi connectivity index (χ0v) is 8.47. The molecule has 0 aromatic carbocycles. The number of nitrogens with zero attached hydrogens (tertiary/aromatic N) is 3. The van der Waals surface area contributed by atoms with Crippen molar-refractivity contribution in [3.05, 3.63) is 0 Å². The lowest BCUT2D eigenvalue weighted by atomic mass is 10.9. The topological polar surface area (TPSA) is 55.8 Å². The Balaban J connectivity index is 4.48. The standard InChI is InChI=1S/C6H15N3O4/c1-8(11-3)6(7-10-2)9(12-4)13-5/h1-5H3. The quantitative estimate of drug-likeness (QED) is 0.351. The monoisotopic (exact) mass is 193 g/mol. The van der Waals surface area contributed by atoms with Crippen molar-refractivity contribution in [2.75, 3.05) is 35.5 Å². The summed E-state index contributed by atoms with van der Waals surface area (Å²) in [6.07, 6.45) is 0. The first-order valence-corrected chi connectivity index (χ1v) is 3.48. The van der Waals surface area contributed by atoms with Crippen molar-refractivity contribution in [2.45, 2.75) is 0 Å². The van der Waals surface area contributed by atoms with Crippen molar-refractivity contribution >= 4 is 5.96 Å². The van der Waals surface area contributed by atoms with Gasteiger partial charge in [-0.1, -0.05) is 5.23 Å². The Morgan fingerprint density at radius 2 is 1.54 bits per heavy atom. The van der Waals surface area contributed by atoms with E-state index in [4.69, 9.17) is 14.5 Å². The minimum absolute atomic E-state index is 0.231. The molecule has 0 radical (unpaired) electrons. The number of hydrogen-bond acceptors (Lipinski definition) is 5. The molecule has 0 unspecified atom stereocenters. The molecule has 0 rings (SSSR count). The zero-order valence-electron chi connectivity index (χ0n) is 8.47. The Kier molecular flexibility index (Phi) is 5.94. The molecule has 0 saturated heterocycles. The Hall–Kier alpha value is -1.05. The molecule has 0 aromatic heterocycles. The van der Waals surface area contributed by atoms with Gasteiger partial charge in [-0.2, -0.15) is 0 Å². The van der Waals surface area contributed by atoms with Crippen LogP contribution in [-0.4, -0.2) is 51.7 Å². The molecule has 13 heavy (non-hydrogen) atoms. The molecule has 0 aliphatic heterocycles. The van der Waals surface area contributed by atoms with Gasteiger partial charge >= 0.3 is 5.96 Å². The van der Waals surface area contributed by atoms with Crippen LogP contribution in [0.5, 0.6) is 0 Å². The molecular formula is C6H15N3O4. The highest BCUT2D eigenvalue weighted by atomic mass is 17.0. The van der Waals surface area contributed by atoms with Crippen molar-refractivity contribution in [2.24, 2.45) is 5.16 Å². The van der Waals surface area contributed by atoms with E-state index >= 15 is 0 Å². The number of hydrogen-bond donors (Lipinski definition) is 0. The van der Waals surface area contributed by atoms with Gasteiger partial charge in [-0.15, -0.1) is 0 Å². The molecule has 0 aliphatic rings. The second kappa shape index (κ2) is 6.46. The van der Waals surface area contributed by atoms with Crippen molar-refractivity contribution in [1.29, 1.82) is 0 Å². The fourth-order valence-electron chi connectivity index (χ4n) is 0.607. The molecule has 0 spiro atoms. The molecule has 0 bridgehead atoms. The van der Waals surface area contributed by atoms with E-state index < -0.39 is 0 Å². The van der Waals surface area contributed by atoms with Gasteiger partial charge in [-0.3, -0.25) is 4.84 Å². The zero-order chi connectivity index (χ0) is 10.3. The first kappa shape index (κ1) is 11.9. The summed E-state index contributed by atoms with van der Waals surface area (Å²) < 4.78 is 0. The average molecular weight is 193 g/mol. The molecule has 78 valence electrons. The third-order valence-corrected chi connectivity index (χ3v) is 1.22. The lowest BCUT2D eigenvalue weighted by molar-refractivity contribution is -0.302. The fraction of sp³-hybridized carbons (Fsp3) is 0.833. The van der Waals surface area contributed by atoms with E-state index in [1.54, 1.807) is 7.05 Å². The van der Waals surface area contributed by atoms with Crippen LogP contribution in [0, 0.1) is 0 Å². The second-order valence-electron chi connectivity index (χ2n) is 1.88. The van der Waals surface area contributed by atoms with Crippen molar-refractivity contribution in [3.63, 3.8) is 0 Å². The lowest BCUT2D eigenvalue weighted by Gasteiger charge is -2.24. The van der Waals surface area contributed by atoms with Crippen molar-refractivity contribution in [1.82, 2.24) is 10.3 Å². The van der Waals surface area contributed by atoms with Gasteiger partial charge in [0.15, 0.2) is 0 Å². The Labute approximate surface area is 77.2 Å². The third kappa shape index (κ3) is 3.45. The van der Waals surface area contributed by atoms with Gasteiger partial charge in [0.25, 0.3) is 0 Å². The maximum Gasteiger partial charge on any atom is 0.313 e. The van der Waals surface area contributed by atoms with Crippen molar-refractivity contribution in [3.8, 4) is 0 Å². The van der Waals surface area contributed by atoms with Crippen LogP contribution in [0.1, 0.15) is 0 Å². The molecule has 7 nitrogen and oxygen atoms in total. The SMILES string of the molecule is CON=C(N(C)OC)N(OC)OC. The van der Waals surface area contributed by atoms with Gasteiger partial charge in [-0.25, -0.2) is 14.7 Å². The average Bonchev–Trinajstić information content (AvgIpc) is 2.17. The van der Waals surface area contributed by atoms with Gasteiger partial charge in [-0.05, 0) is 5.16 Å². The van der Waals surface area contributed by atoms with Gasteiger partial charge < -0.3 is 4.84 Å². The summed E-state index contributed by atoms with van der Waals surface area (Å²) in [5.41, 5.74) is 0. The lowest BCUT2D eigenvalue weighted by Crippen LogP contribution is -2.40. The fourth-order valence-corrected chi connectivity index (χ4v) is 0.607. The van der Waals surface area contributed by atoms with Crippen LogP contribution in [0.25, 0.3) is 0 Å². The van der Waals surface area contributed by atoms with Crippen LogP contribution >= 0.6 is 0 Å². The van der Waals surface area contributed by atoms with E-state index in [0.717, 1.165) is 5.23 Å². The van der Waals surface area contributed by atoms with Gasteiger partial charge in [0.2, 0.25) is 0 Å². The molecule has 0 saturated carbocycles. The first-order chi connectivity index (χ1) is 6.21. The van der Waals surface area contributed by atoms with Crippen LogP contribution in [0.4, 0.5) is 0 Å². The molecule has 0 aromatic rings. The van der Waals surface area contributed by atoms with Gasteiger partial charge in [0, 0.05) is 7.05 Å². The molecular weight excluding hydrogens is 178 g/mol. The predicted molar refractivity (Wildman–Crippen MR) is 45.1 cm³/mol. The highest BCUT2D eigenvalue weighted by Gasteiger charge is 2.16. The molecule has 0 amide bonds. The van der Waals surface area contributed by atoms with Gasteiger partial charge in [0.1, 0.15) is 7.11 Å². The molecule has 0 fully saturated rings. The van der Waals surface area contributed by atoms with E-state index in [-0.39, 0.29) is 5.96 Å².